The lowest BCUT2D eigenvalue weighted by molar-refractivity contribution is 0.669. The zero-order valence-electron chi connectivity index (χ0n) is 41.6. The molecular formula is C50H30O. The molecule has 0 aliphatic heterocycles. The van der Waals surface area contributed by atoms with E-state index in [1.807, 2.05) is 66.7 Å². The van der Waals surface area contributed by atoms with E-state index < -0.39 is 107 Å². The third-order valence-corrected chi connectivity index (χ3v) is 9.80. The Morgan fingerprint density at radius 2 is 0.941 bits per heavy atom. The van der Waals surface area contributed by atoms with Crippen LogP contribution in [0, 0.1) is 0 Å². The topological polar surface area (TPSA) is 13.1 Å². The van der Waals surface area contributed by atoms with Crippen LogP contribution in [0.1, 0.15) is 20.6 Å². The number of hydrogen-bond acceptors (Lipinski definition) is 1. The van der Waals surface area contributed by atoms with E-state index in [4.69, 9.17) is 18.1 Å². The van der Waals surface area contributed by atoms with Gasteiger partial charge in [0.2, 0.25) is 0 Å². The largest absolute Gasteiger partial charge is 0.456 e. The first-order valence-electron chi connectivity index (χ1n) is 23.9. The summed E-state index contributed by atoms with van der Waals surface area (Å²) >= 11 is 0. The maximum absolute atomic E-state index is 9.54. The molecule has 1 heterocycles. The molecule has 0 bridgehead atoms. The van der Waals surface area contributed by atoms with Gasteiger partial charge >= 0.3 is 0 Å². The lowest BCUT2D eigenvalue weighted by Crippen LogP contribution is -1.92. The molecule has 1 nitrogen and oxygen atoms in total. The van der Waals surface area contributed by atoms with Crippen LogP contribution in [0.15, 0.2) is 186 Å². The molecule has 10 aromatic carbocycles. The molecule has 0 saturated heterocycles. The van der Waals surface area contributed by atoms with E-state index in [9.17, 15) is 6.85 Å². The van der Waals surface area contributed by atoms with E-state index >= 15 is 0 Å². The van der Waals surface area contributed by atoms with E-state index in [-0.39, 0.29) is 32.7 Å². The van der Waals surface area contributed by atoms with Gasteiger partial charge in [-0.3, -0.25) is 0 Å². The smallest absolute Gasteiger partial charge is 0.136 e. The average molecular weight is 662 g/mol. The molecule has 0 fully saturated rings. The maximum atomic E-state index is 9.54. The van der Waals surface area contributed by atoms with E-state index in [0.29, 0.717) is 21.9 Å². The summed E-state index contributed by atoms with van der Waals surface area (Å²) in [5.41, 5.74) is 2.65. The quantitative estimate of drug-likeness (QED) is 0.172. The van der Waals surface area contributed by atoms with Crippen LogP contribution in [0.3, 0.4) is 0 Å². The van der Waals surface area contributed by atoms with Crippen molar-refractivity contribution in [3.8, 4) is 33.4 Å². The Labute approximate surface area is 315 Å². The number of rotatable bonds is 3. The van der Waals surface area contributed by atoms with Gasteiger partial charge in [-0.1, -0.05) is 163 Å². The summed E-state index contributed by atoms with van der Waals surface area (Å²) < 4.78 is 142. The highest BCUT2D eigenvalue weighted by Crippen LogP contribution is 2.47. The van der Waals surface area contributed by atoms with Gasteiger partial charge in [-0.2, -0.15) is 0 Å². The van der Waals surface area contributed by atoms with Gasteiger partial charge in [0, 0.05) is 10.8 Å². The number of fused-ring (bicyclic) bond motifs is 9. The summed E-state index contributed by atoms with van der Waals surface area (Å²) in [6, 6.07) is 18.7. The molecule has 11 aromatic rings. The van der Waals surface area contributed by atoms with Crippen LogP contribution >= 0.6 is 0 Å². The van der Waals surface area contributed by atoms with Crippen LogP contribution in [0.4, 0.5) is 0 Å². The lowest BCUT2D eigenvalue weighted by Gasteiger charge is -2.20. The van der Waals surface area contributed by atoms with Crippen LogP contribution in [-0.2, 0) is 0 Å². The molecule has 11 rings (SSSR count). The van der Waals surface area contributed by atoms with Crippen molar-refractivity contribution in [2.24, 2.45) is 0 Å². The number of hydrogen-bond donors (Lipinski definition) is 0. The molecule has 236 valence electrons. The second-order valence-electron chi connectivity index (χ2n) is 12.4. The van der Waals surface area contributed by atoms with Crippen LogP contribution in [-0.4, -0.2) is 0 Å². The van der Waals surface area contributed by atoms with Crippen molar-refractivity contribution in [3.63, 3.8) is 0 Å². The van der Waals surface area contributed by atoms with E-state index in [0.717, 1.165) is 38.3 Å². The molecule has 0 aliphatic rings. The fourth-order valence-corrected chi connectivity index (χ4v) is 7.64. The highest BCUT2D eigenvalue weighted by molar-refractivity contribution is 6.26. The Hall–Kier alpha value is -6.70. The van der Waals surface area contributed by atoms with Gasteiger partial charge in [-0.25, -0.2) is 0 Å². The average Bonchev–Trinajstić information content (AvgIpc) is 3.71. The zero-order chi connectivity index (χ0) is 46.5. The summed E-state index contributed by atoms with van der Waals surface area (Å²) in [5, 5.41) is 3.42. The van der Waals surface area contributed by atoms with Gasteiger partial charge in [-0.15, -0.1) is 0 Å². The zero-order valence-corrected chi connectivity index (χ0v) is 26.6. The first kappa shape index (κ1) is 17.3. The minimum Gasteiger partial charge on any atom is -0.456 e. The van der Waals surface area contributed by atoms with Crippen LogP contribution in [0.5, 0.6) is 0 Å². The fraction of sp³-hybridized carbons (Fsp3) is 0. The second kappa shape index (κ2) is 10.9. The van der Waals surface area contributed by atoms with Crippen molar-refractivity contribution in [1.29, 1.82) is 0 Å². The van der Waals surface area contributed by atoms with E-state index in [1.54, 1.807) is 12.1 Å². The molecule has 0 radical (unpaired) electrons. The third kappa shape index (κ3) is 4.16. The Morgan fingerprint density at radius 1 is 0.353 bits per heavy atom. The SMILES string of the molecule is [2H]c1c([2H])c([2H])c2c(-c3c4c([2H])c([2H])c([2H])c([2H])c4c(-c4cccc5c(-c6ccc7oc8ccc9ccccc9c8c7c6)cccc45)c4c([2H])c([2H])c([2H])c([2H])c34)c([2H])c([2H])c([2H])c2c1[2H]. The summed E-state index contributed by atoms with van der Waals surface area (Å²) in [6.07, 6.45) is 0. The van der Waals surface area contributed by atoms with Gasteiger partial charge in [0.15, 0.2) is 0 Å². The van der Waals surface area contributed by atoms with Gasteiger partial charge in [0.05, 0.1) is 20.6 Å². The van der Waals surface area contributed by atoms with Crippen LogP contribution < -0.4 is 0 Å². The van der Waals surface area contributed by atoms with Crippen molar-refractivity contribution >= 4 is 75.8 Å². The van der Waals surface area contributed by atoms with Crippen molar-refractivity contribution < 1.29 is 25.0 Å². The molecule has 51 heavy (non-hydrogen) atoms. The fourth-order valence-electron chi connectivity index (χ4n) is 7.64. The molecule has 0 saturated carbocycles. The third-order valence-electron chi connectivity index (χ3n) is 9.80. The maximum Gasteiger partial charge on any atom is 0.136 e. The Morgan fingerprint density at radius 3 is 1.71 bits per heavy atom. The second-order valence-corrected chi connectivity index (χ2v) is 12.4. The van der Waals surface area contributed by atoms with E-state index in [2.05, 4.69) is 12.1 Å². The summed E-state index contributed by atoms with van der Waals surface area (Å²) in [7, 11) is 0. The van der Waals surface area contributed by atoms with Gasteiger partial charge in [0.1, 0.15) is 11.2 Å². The first-order valence-corrected chi connectivity index (χ1v) is 16.4. The van der Waals surface area contributed by atoms with Crippen molar-refractivity contribution in [2.75, 3.05) is 0 Å². The first-order chi connectivity index (χ1) is 31.5. The summed E-state index contributed by atoms with van der Waals surface area (Å²) in [6.45, 7) is 0. The monoisotopic (exact) mass is 661 g/mol. The highest BCUT2D eigenvalue weighted by Gasteiger charge is 2.20. The van der Waals surface area contributed by atoms with Gasteiger partial charge in [0.25, 0.3) is 0 Å². The molecule has 1 heteroatoms. The molecule has 0 N–H and O–H groups in total. The standard InChI is InChI=1S/C50H30O/c1-3-15-34-31(12-1)14-9-24-39(34)48-41-17-5-7-19-43(41)49(44-20-8-6-18-42(44)48)40-25-11-22-37-35(21-10-23-38(37)40)33-27-28-46-45(30-33)50-36-16-4-2-13-32(36)26-29-47(50)51-46/h1-30H/i1D,3D,5D,6D,7D,8D,9D,12D,14D,15D,17D,18D,19D,20D,24D. The van der Waals surface area contributed by atoms with Gasteiger partial charge < -0.3 is 4.42 Å². The molecule has 0 atom stereocenters. The number of benzene rings is 10. The van der Waals surface area contributed by atoms with Gasteiger partial charge in [-0.05, 0) is 105 Å². The lowest BCUT2D eigenvalue weighted by atomic mass is 9.83. The highest BCUT2D eigenvalue weighted by atomic mass is 16.3. The van der Waals surface area contributed by atoms with Crippen molar-refractivity contribution in [3.05, 3.63) is 182 Å². The molecule has 1 aromatic heterocycles. The van der Waals surface area contributed by atoms with Crippen molar-refractivity contribution in [1.82, 2.24) is 0 Å². The predicted molar refractivity (Wildman–Crippen MR) is 218 cm³/mol. The molecule has 0 amide bonds. The predicted octanol–water partition coefficient (Wildman–Crippen LogP) is 14.4. The molecule has 0 spiro atoms. The summed E-state index contributed by atoms with van der Waals surface area (Å²) in [5.74, 6) is 0. The normalized spacial score (nSPS) is 16.0. The minimum absolute atomic E-state index is 0.0363. The van der Waals surface area contributed by atoms with Crippen molar-refractivity contribution in [2.45, 2.75) is 0 Å². The minimum atomic E-state index is -0.758. The Bertz CT molecular complexity index is 3970. The Kier molecular flexibility index (Phi) is 3.70. The molecule has 0 aliphatic carbocycles. The summed E-state index contributed by atoms with van der Waals surface area (Å²) in [4.78, 5) is 0. The van der Waals surface area contributed by atoms with E-state index in [1.165, 1.54) is 0 Å². The number of furan rings is 1. The van der Waals surface area contributed by atoms with Crippen LogP contribution in [0.2, 0.25) is 0 Å². The molecule has 0 unspecified atom stereocenters. The molecular weight excluding hydrogens is 617 g/mol. The van der Waals surface area contributed by atoms with Crippen LogP contribution in [0.25, 0.3) is 109 Å². The Balaban J connectivity index is 1.33.